The summed E-state index contributed by atoms with van der Waals surface area (Å²) in [6.07, 6.45) is 8.22. The molecule has 5 heteroatoms. The summed E-state index contributed by atoms with van der Waals surface area (Å²) in [6.45, 7) is 2.15. The smallest absolute Gasteiger partial charge is 0.113 e. The number of aromatic nitrogens is 3. The Kier molecular flexibility index (Phi) is 5.33. The van der Waals surface area contributed by atoms with Gasteiger partial charge in [-0.2, -0.15) is 0 Å². The first-order chi connectivity index (χ1) is 12.8. The maximum atomic E-state index is 5.80. The first-order valence-corrected chi connectivity index (χ1v) is 9.47. The number of benzene rings is 1. The van der Waals surface area contributed by atoms with Crippen LogP contribution in [0.25, 0.3) is 11.3 Å². The minimum atomic E-state index is 0.247. The van der Waals surface area contributed by atoms with Crippen molar-refractivity contribution < 1.29 is 9.47 Å². The number of hydrogen-bond donors (Lipinski definition) is 0. The molecule has 0 unspecified atom stereocenters. The Labute approximate surface area is 154 Å². The van der Waals surface area contributed by atoms with E-state index >= 15 is 0 Å². The van der Waals surface area contributed by atoms with Crippen LogP contribution in [0.3, 0.4) is 0 Å². The molecular weight excluding hydrogens is 326 g/mol. The first kappa shape index (κ1) is 17.3. The fourth-order valence-electron chi connectivity index (χ4n) is 3.28. The normalized spacial score (nSPS) is 19.8. The van der Waals surface area contributed by atoms with Gasteiger partial charge < -0.3 is 9.47 Å². The Morgan fingerprint density at radius 3 is 2.96 bits per heavy atom. The van der Waals surface area contributed by atoms with Gasteiger partial charge in [0.1, 0.15) is 5.69 Å². The standard InChI is InChI=1S/C21H25N3O2/c1-25-15-18-12-17(8-7-16-5-6-16)9-10-20(18)21-14-24(23-22-21)13-19-4-2-3-11-26-19/h9-10,12,14,16,19H,2-6,11,13,15H2,1H3/t19-/m1/s1. The van der Waals surface area contributed by atoms with Gasteiger partial charge in [-0.25, -0.2) is 4.68 Å². The molecule has 1 saturated heterocycles. The molecule has 2 heterocycles. The van der Waals surface area contributed by atoms with E-state index in [1.807, 2.05) is 10.9 Å². The highest BCUT2D eigenvalue weighted by molar-refractivity contribution is 5.64. The van der Waals surface area contributed by atoms with Crippen molar-refractivity contribution in [3.63, 3.8) is 0 Å². The minimum Gasteiger partial charge on any atom is -0.380 e. The van der Waals surface area contributed by atoms with E-state index in [2.05, 4.69) is 40.4 Å². The summed E-state index contributed by atoms with van der Waals surface area (Å²) in [5.41, 5.74) is 4.06. The molecule has 1 aromatic carbocycles. The zero-order valence-electron chi connectivity index (χ0n) is 15.3. The molecule has 0 N–H and O–H groups in total. The maximum absolute atomic E-state index is 5.80. The Balaban J connectivity index is 1.53. The van der Waals surface area contributed by atoms with Crippen LogP contribution in [0.15, 0.2) is 24.4 Å². The van der Waals surface area contributed by atoms with Gasteiger partial charge >= 0.3 is 0 Å². The second-order valence-electron chi connectivity index (χ2n) is 7.16. The molecule has 1 aliphatic carbocycles. The summed E-state index contributed by atoms with van der Waals surface area (Å²) >= 11 is 0. The Bertz CT molecular complexity index is 808. The number of rotatable bonds is 5. The van der Waals surface area contributed by atoms with Crippen molar-refractivity contribution in [2.24, 2.45) is 5.92 Å². The van der Waals surface area contributed by atoms with Gasteiger partial charge in [0.05, 0.1) is 25.5 Å². The highest BCUT2D eigenvalue weighted by Gasteiger charge is 2.18. The molecule has 0 radical (unpaired) electrons. The topological polar surface area (TPSA) is 49.2 Å². The van der Waals surface area contributed by atoms with E-state index in [1.165, 1.54) is 19.3 Å². The molecule has 1 aliphatic heterocycles. The predicted molar refractivity (Wildman–Crippen MR) is 99.4 cm³/mol. The van der Waals surface area contributed by atoms with E-state index in [-0.39, 0.29) is 6.10 Å². The van der Waals surface area contributed by atoms with Crippen molar-refractivity contribution in [1.82, 2.24) is 15.0 Å². The monoisotopic (exact) mass is 351 g/mol. The molecule has 0 spiro atoms. The first-order valence-electron chi connectivity index (χ1n) is 9.47. The SMILES string of the molecule is COCc1cc(C#CC2CC2)ccc1-c1cn(C[C@H]2CCCCO2)nn1. The van der Waals surface area contributed by atoms with Crippen LogP contribution >= 0.6 is 0 Å². The third-order valence-corrected chi connectivity index (χ3v) is 4.88. The van der Waals surface area contributed by atoms with Gasteiger partial charge in [0.25, 0.3) is 0 Å². The summed E-state index contributed by atoms with van der Waals surface area (Å²) in [7, 11) is 1.71. The summed E-state index contributed by atoms with van der Waals surface area (Å²) in [5.74, 6) is 7.19. The quantitative estimate of drug-likeness (QED) is 0.775. The van der Waals surface area contributed by atoms with Crippen LogP contribution < -0.4 is 0 Å². The average molecular weight is 351 g/mol. The maximum Gasteiger partial charge on any atom is 0.113 e. The lowest BCUT2D eigenvalue weighted by Gasteiger charge is -2.21. The Morgan fingerprint density at radius 1 is 1.27 bits per heavy atom. The number of methoxy groups -OCH3 is 1. The van der Waals surface area contributed by atoms with E-state index in [1.54, 1.807) is 7.11 Å². The Morgan fingerprint density at radius 2 is 2.19 bits per heavy atom. The van der Waals surface area contributed by atoms with Gasteiger partial charge in [-0.1, -0.05) is 23.1 Å². The van der Waals surface area contributed by atoms with E-state index < -0.39 is 0 Å². The Hall–Kier alpha value is -2.16. The summed E-state index contributed by atoms with van der Waals surface area (Å²) in [4.78, 5) is 0. The third-order valence-electron chi connectivity index (χ3n) is 4.88. The second kappa shape index (κ2) is 8.03. The molecule has 2 aliphatic rings. The second-order valence-corrected chi connectivity index (χ2v) is 7.16. The molecule has 5 nitrogen and oxygen atoms in total. The number of nitrogens with zero attached hydrogens (tertiary/aromatic N) is 3. The third kappa shape index (κ3) is 4.32. The lowest BCUT2D eigenvalue weighted by Crippen LogP contribution is -2.24. The van der Waals surface area contributed by atoms with Gasteiger partial charge in [-0.05, 0) is 49.8 Å². The number of hydrogen-bond acceptors (Lipinski definition) is 4. The van der Waals surface area contributed by atoms with Crippen LogP contribution in [0.5, 0.6) is 0 Å². The van der Waals surface area contributed by atoms with Crippen molar-refractivity contribution in [2.45, 2.75) is 51.4 Å². The lowest BCUT2D eigenvalue weighted by molar-refractivity contribution is 0.00370. The van der Waals surface area contributed by atoms with Gasteiger partial charge in [0.2, 0.25) is 0 Å². The van der Waals surface area contributed by atoms with Crippen molar-refractivity contribution >= 4 is 0 Å². The van der Waals surface area contributed by atoms with Crippen LogP contribution in [-0.2, 0) is 22.6 Å². The molecule has 2 aromatic rings. The lowest BCUT2D eigenvalue weighted by atomic mass is 10.0. The van der Waals surface area contributed by atoms with Gasteiger partial charge in [-0.3, -0.25) is 0 Å². The molecule has 1 saturated carbocycles. The van der Waals surface area contributed by atoms with Gasteiger partial charge in [-0.15, -0.1) is 5.10 Å². The van der Waals surface area contributed by atoms with E-state index in [9.17, 15) is 0 Å². The highest BCUT2D eigenvalue weighted by atomic mass is 16.5. The van der Waals surface area contributed by atoms with E-state index in [0.29, 0.717) is 12.5 Å². The van der Waals surface area contributed by atoms with Crippen LogP contribution in [0.4, 0.5) is 0 Å². The molecule has 26 heavy (non-hydrogen) atoms. The predicted octanol–water partition coefficient (Wildman–Crippen LogP) is 3.42. The highest BCUT2D eigenvalue weighted by Crippen LogP contribution is 2.28. The molecule has 4 rings (SSSR count). The number of ether oxygens (including phenoxy) is 2. The van der Waals surface area contributed by atoms with Crippen molar-refractivity contribution in [3.8, 4) is 23.1 Å². The fraction of sp³-hybridized carbons (Fsp3) is 0.524. The summed E-state index contributed by atoms with van der Waals surface area (Å²) in [6, 6.07) is 6.25. The van der Waals surface area contributed by atoms with Crippen LogP contribution in [0, 0.1) is 17.8 Å². The van der Waals surface area contributed by atoms with Crippen molar-refractivity contribution in [3.05, 3.63) is 35.5 Å². The van der Waals surface area contributed by atoms with E-state index in [0.717, 1.165) is 48.4 Å². The van der Waals surface area contributed by atoms with Crippen LogP contribution in [0.1, 0.15) is 43.2 Å². The molecule has 1 aromatic heterocycles. The molecule has 1 atom stereocenters. The van der Waals surface area contributed by atoms with Crippen molar-refractivity contribution in [2.75, 3.05) is 13.7 Å². The molecule has 2 fully saturated rings. The summed E-state index contributed by atoms with van der Waals surface area (Å²) in [5, 5.41) is 8.67. The molecular formula is C21H25N3O2. The molecule has 136 valence electrons. The fourth-order valence-corrected chi connectivity index (χ4v) is 3.28. The van der Waals surface area contributed by atoms with Crippen LogP contribution in [0.2, 0.25) is 0 Å². The largest absolute Gasteiger partial charge is 0.380 e. The van der Waals surface area contributed by atoms with Crippen LogP contribution in [-0.4, -0.2) is 34.8 Å². The van der Waals surface area contributed by atoms with Crippen molar-refractivity contribution in [1.29, 1.82) is 0 Å². The average Bonchev–Trinajstić information content (AvgIpc) is 3.39. The van der Waals surface area contributed by atoms with Gasteiger partial charge in [0.15, 0.2) is 0 Å². The molecule has 0 bridgehead atoms. The molecule has 0 amide bonds. The van der Waals surface area contributed by atoms with E-state index in [4.69, 9.17) is 9.47 Å². The zero-order chi connectivity index (χ0) is 17.8. The summed E-state index contributed by atoms with van der Waals surface area (Å²) < 4.78 is 13.1. The zero-order valence-corrected chi connectivity index (χ0v) is 15.3. The minimum absolute atomic E-state index is 0.247. The van der Waals surface area contributed by atoms with Gasteiger partial charge in [0, 0.05) is 30.8 Å².